The van der Waals surface area contributed by atoms with Gasteiger partial charge >= 0.3 is 0 Å². The number of likely N-dealkylation sites (N-methyl/N-ethyl adjacent to an activating group) is 1. The highest BCUT2D eigenvalue weighted by atomic mass is 16.5. The van der Waals surface area contributed by atoms with Gasteiger partial charge in [0.15, 0.2) is 0 Å². The van der Waals surface area contributed by atoms with E-state index in [-0.39, 0.29) is 5.91 Å². The van der Waals surface area contributed by atoms with Gasteiger partial charge in [0, 0.05) is 44.1 Å². The molecule has 1 amide bonds. The quantitative estimate of drug-likeness (QED) is 0.815. The Bertz CT molecular complexity index is 674. The van der Waals surface area contributed by atoms with Crippen molar-refractivity contribution in [3.63, 3.8) is 0 Å². The molecule has 0 saturated carbocycles. The third-order valence-corrected chi connectivity index (χ3v) is 4.73. The number of hydrogen-bond acceptors (Lipinski definition) is 3. The minimum absolute atomic E-state index is 0.199. The summed E-state index contributed by atoms with van der Waals surface area (Å²) >= 11 is 0. The second-order valence-corrected chi connectivity index (χ2v) is 6.74. The molecule has 0 unspecified atom stereocenters. The highest BCUT2D eigenvalue weighted by Gasteiger charge is 2.25. The maximum absolute atomic E-state index is 13.0. The van der Waals surface area contributed by atoms with Crippen LogP contribution in [0.5, 0.6) is 0 Å². The predicted molar refractivity (Wildman–Crippen MR) is 96.0 cm³/mol. The molecule has 130 valence electrons. The van der Waals surface area contributed by atoms with Crippen molar-refractivity contribution in [2.24, 2.45) is 0 Å². The van der Waals surface area contributed by atoms with Gasteiger partial charge in [-0.2, -0.15) is 0 Å². The normalized spacial score (nSPS) is 16.0. The molecule has 1 aromatic carbocycles. The zero-order valence-corrected chi connectivity index (χ0v) is 14.6. The average Bonchev–Trinajstić information content (AvgIpc) is 2.99. The maximum atomic E-state index is 13.0. The molecule has 2 aromatic rings. The van der Waals surface area contributed by atoms with Crippen molar-refractivity contribution in [2.45, 2.75) is 25.4 Å². The van der Waals surface area contributed by atoms with E-state index in [0.717, 1.165) is 44.7 Å². The molecule has 1 aliphatic rings. The number of ether oxygens (including phenoxy) is 1. The van der Waals surface area contributed by atoms with Crippen molar-refractivity contribution in [3.8, 4) is 0 Å². The van der Waals surface area contributed by atoms with Crippen molar-refractivity contribution in [3.05, 3.63) is 36.5 Å². The second kappa shape index (κ2) is 7.81. The van der Waals surface area contributed by atoms with Gasteiger partial charge in [-0.15, -0.1) is 0 Å². The van der Waals surface area contributed by atoms with Crippen LogP contribution >= 0.6 is 0 Å². The van der Waals surface area contributed by atoms with Crippen LogP contribution in [-0.2, 0) is 16.1 Å². The Morgan fingerprint density at radius 1 is 1.17 bits per heavy atom. The van der Waals surface area contributed by atoms with Gasteiger partial charge in [0.1, 0.15) is 6.54 Å². The molecular weight excluding hydrogens is 302 g/mol. The summed E-state index contributed by atoms with van der Waals surface area (Å²) in [5, 5.41) is 1.18. The van der Waals surface area contributed by atoms with Crippen LogP contribution in [0.25, 0.3) is 10.9 Å². The molecular formula is C19H27N3O2. The fourth-order valence-electron chi connectivity index (χ4n) is 3.33. The number of fused-ring (bicyclic) bond motifs is 1. The summed E-state index contributed by atoms with van der Waals surface area (Å²) in [5.74, 6) is 0.199. The summed E-state index contributed by atoms with van der Waals surface area (Å²) in [5.41, 5.74) is 1.12. The molecule has 0 spiro atoms. The smallest absolute Gasteiger partial charge is 0.242 e. The largest absolute Gasteiger partial charge is 0.381 e. The van der Waals surface area contributed by atoms with Gasteiger partial charge in [-0.3, -0.25) is 4.79 Å². The van der Waals surface area contributed by atoms with Gasteiger partial charge in [-0.05, 0) is 44.5 Å². The zero-order chi connectivity index (χ0) is 16.9. The number of rotatable bonds is 6. The highest BCUT2D eigenvalue weighted by molar-refractivity contribution is 5.83. The molecule has 1 saturated heterocycles. The maximum Gasteiger partial charge on any atom is 0.242 e. The number of aromatic nitrogens is 1. The van der Waals surface area contributed by atoms with Gasteiger partial charge in [0.05, 0.1) is 0 Å². The van der Waals surface area contributed by atoms with Gasteiger partial charge in [-0.25, -0.2) is 0 Å². The van der Waals surface area contributed by atoms with E-state index in [4.69, 9.17) is 4.74 Å². The van der Waals surface area contributed by atoms with E-state index in [9.17, 15) is 4.79 Å². The minimum Gasteiger partial charge on any atom is -0.381 e. The molecule has 0 N–H and O–H groups in total. The lowest BCUT2D eigenvalue weighted by Gasteiger charge is -2.35. The van der Waals surface area contributed by atoms with Crippen LogP contribution in [0.4, 0.5) is 0 Å². The van der Waals surface area contributed by atoms with Crippen molar-refractivity contribution in [1.82, 2.24) is 14.4 Å². The van der Waals surface area contributed by atoms with Crippen LogP contribution < -0.4 is 0 Å². The summed E-state index contributed by atoms with van der Waals surface area (Å²) < 4.78 is 7.52. The van der Waals surface area contributed by atoms with E-state index in [0.29, 0.717) is 12.6 Å². The molecule has 1 aromatic heterocycles. The summed E-state index contributed by atoms with van der Waals surface area (Å²) in [7, 11) is 4.10. The Hall–Kier alpha value is -1.85. The molecule has 3 rings (SSSR count). The van der Waals surface area contributed by atoms with Gasteiger partial charge in [0.25, 0.3) is 0 Å². The Morgan fingerprint density at radius 2 is 1.92 bits per heavy atom. The summed E-state index contributed by atoms with van der Waals surface area (Å²) in [6.45, 7) is 3.56. The standard InChI is InChI=1S/C19H27N3O2/c1-20(2)11-12-22(17-8-13-24-14-9-17)19(23)15-21-10-7-16-5-3-4-6-18(16)21/h3-7,10,17H,8-9,11-15H2,1-2H3. The first-order valence-corrected chi connectivity index (χ1v) is 8.71. The molecule has 0 bridgehead atoms. The van der Waals surface area contributed by atoms with E-state index >= 15 is 0 Å². The van der Waals surface area contributed by atoms with Gasteiger partial charge in [-0.1, -0.05) is 18.2 Å². The SMILES string of the molecule is CN(C)CCN(C(=O)Cn1ccc2ccccc21)C1CCOCC1. The van der Waals surface area contributed by atoms with Gasteiger partial charge < -0.3 is 19.1 Å². The van der Waals surface area contributed by atoms with Gasteiger partial charge in [0.2, 0.25) is 5.91 Å². The van der Waals surface area contributed by atoms with E-state index in [1.165, 1.54) is 5.39 Å². The monoisotopic (exact) mass is 329 g/mol. The Morgan fingerprint density at radius 3 is 2.67 bits per heavy atom. The third-order valence-electron chi connectivity index (χ3n) is 4.73. The van der Waals surface area contributed by atoms with Crippen LogP contribution in [0.1, 0.15) is 12.8 Å². The topological polar surface area (TPSA) is 37.7 Å². The predicted octanol–water partition coefficient (Wildman–Crippen LogP) is 2.21. The van der Waals surface area contributed by atoms with Crippen molar-refractivity contribution in [1.29, 1.82) is 0 Å². The van der Waals surface area contributed by atoms with E-state index in [2.05, 4.69) is 32.6 Å². The van der Waals surface area contributed by atoms with E-state index < -0.39 is 0 Å². The number of benzene rings is 1. The first kappa shape index (κ1) is 17.0. The van der Waals surface area contributed by atoms with Crippen molar-refractivity contribution in [2.75, 3.05) is 40.4 Å². The molecule has 1 fully saturated rings. The van der Waals surface area contributed by atoms with Crippen molar-refractivity contribution < 1.29 is 9.53 Å². The van der Waals surface area contributed by atoms with E-state index in [1.54, 1.807) is 0 Å². The molecule has 0 atom stereocenters. The number of carbonyl (C=O) groups excluding carboxylic acids is 1. The Kier molecular flexibility index (Phi) is 5.53. The Balaban J connectivity index is 1.74. The molecule has 24 heavy (non-hydrogen) atoms. The number of carbonyl (C=O) groups is 1. The molecule has 2 heterocycles. The zero-order valence-electron chi connectivity index (χ0n) is 14.6. The molecule has 5 nitrogen and oxygen atoms in total. The molecule has 0 radical (unpaired) electrons. The number of para-hydroxylation sites is 1. The van der Waals surface area contributed by atoms with Crippen LogP contribution in [-0.4, -0.2) is 66.7 Å². The van der Waals surface area contributed by atoms with Crippen LogP contribution in [0, 0.1) is 0 Å². The fourth-order valence-corrected chi connectivity index (χ4v) is 3.33. The lowest BCUT2D eigenvalue weighted by molar-refractivity contribution is -0.136. The minimum atomic E-state index is 0.199. The second-order valence-electron chi connectivity index (χ2n) is 6.74. The molecule has 1 aliphatic heterocycles. The first-order chi connectivity index (χ1) is 11.6. The first-order valence-electron chi connectivity index (χ1n) is 8.71. The summed E-state index contributed by atoms with van der Waals surface area (Å²) in [4.78, 5) is 17.2. The van der Waals surface area contributed by atoms with Crippen LogP contribution in [0.2, 0.25) is 0 Å². The third kappa shape index (κ3) is 3.97. The Labute approximate surface area is 143 Å². The average molecular weight is 329 g/mol. The lowest BCUT2D eigenvalue weighted by atomic mass is 10.1. The number of nitrogens with zero attached hydrogens (tertiary/aromatic N) is 3. The van der Waals surface area contributed by atoms with Crippen LogP contribution in [0.15, 0.2) is 36.5 Å². The number of amides is 1. The molecule has 0 aliphatic carbocycles. The fraction of sp³-hybridized carbons (Fsp3) is 0.526. The molecule has 5 heteroatoms. The van der Waals surface area contributed by atoms with E-state index in [1.807, 2.05) is 32.4 Å². The number of hydrogen-bond donors (Lipinski definition) is 0. The lowest BCUT2D eigenvalue weighted by Crippen LogP contribution is -2.47. The van der Waals surface area contributed by atoms with Crippen molar-refractivity contribution >= 4 is 16.8 Å². The highest BCUT2D eigenvalue weighted by Crippen LogP contribution is 2.18. The summed E-state index contributed by atoms with van der Waals surface area (Å²) in [6.07, 6.45) is 3.88. The summed E-state index contributed by atoms with van der Waals surface area (Å²) in [6, 6.07) is 10.6. The van der Waals surface area contributed by atoms with Crippen LogP contribution in [0.3, 0.4) is 0 Å².